The zero-order valence-electron chi connectivity index (χ0n) is 16.3. The van der Waals surface area contributed by atoms with E-state index in [0.717, 1.165) is 24.0 Å². The fourth-order valence-electron chi connectivity index (χ4n) is 2.93. The number of rotatable bonds is 9. The summed E-state index contributed by atoms with van der Waals surface area (Å²) >= 11 is 0. The Kier molecular flexibility index (Phi) is 7.00. The van der Waals surface area contributed by atoms with E-state index >= 15 is 0 Å². The highest BCUT2D eigenvalue weighted by molar-refractivity contribution is 5.92. The monoisotopic (exact) mass is 389 g/mol. The summed E-state index contributed by atoms with van der Waals surface area (Å²) in [6, 6.07) is 22.6. The number of para-hydroxylation sites is 1. The van der Waals surface area contributed by atoms with Gasteiger partial charge in [-0.1, -0.05) is 48.5 Å². The summed E-state index contributed by atoms with van der Waals surface area (Å²) in [5.74, 6) is 0.590. The topological polar surface area (TPSA) is 64.6 Å². The first-order valence-corrected chi connectivity index (χ1v) is 9.46. The summed E-state index contributed by atoms with van der Waals surface area (Å²) in [6.07, 6.45) is 1.46. The van der Waals surface area contributed by atoms with E-state index in [0.29, 0.717) is 23.7 Å². The third kappa shape index (κ3) is 5.69. The normalized spacial score (nSPS) is 10.2. The van der Waals surface area contributed by atoms with E-state index in [-0.39, 0.29) is 12.5 Å². The summed E-state index contributed by atoms with van der Waals surface area (Å²) in [4.78, 5) is 23.4. The van der Waals surface area contributed by atoms with E-state index < -0.39 is 0 Å². The molecule has 5 heteroatoms. The molecule has 0 aromatic heterocycles. The molecule has 3 aromatic rings. The molecule has 1 amide bonds. The van der Waals surface area contributed by atoms with E-state index in [2.05, 4.69) is 17.4 Å². The number of carbonyl (C=O) groups is 2. The largest absolute Gasteiger partial charge is 0.490 e. The Labute approximate surface area is 170 Å². The average Bonchev–Trinajstić information content (AvgIpc) is 2.75. The van der Waals surface area contributed by atoms with Crippen molar-refractivity contribution in [2.75, 3.05) is 18.5 Å². The van der Waals surface area contributed by atoms with Crippen LogP contribution in [0.3, 0.4) is 0 Å². The molecule has 0 saturated heterocycles. The zero-order valence-corrected chi connectivity index (χ0v) is 16.3. The maximum absolute atomic E-state index is 12.4. The van der Waals surface area contributed by atoms with E-state index in [9.17, 15) is 9.59 Å². The third-order valence-electron chi connectivity index (χ3n) is 4.29. The van der Waals surface area contributed by atoms with Gasteiger partial charge in [0.1, 0.15) is 6.29 Å². The maximum Gasteiger partial charge on any atom is 0.262 e. The lowest BCUT2D eigenvalue weighted by Crippen LogP contribution is -2.21. The second-order valence-corrected chi connectivity index (χ2v) is 6.41. The first-order valence-electron chi connectivity index (χ1n) is 9.46. The van der Waals surface area contributed by atoms with E-state index in [1.54, 1.807) is 18.2 Å². The lowest BCUT2D eigenvalue weighted by Gasteiger charge is -2.14. The molecular weight excluding hydrogens is 366 g/mol. The summed E-state index contributed by atoms with van der Waals surface area (Å²) in [6.45, 7) is 2.10. The van der Waals surface area contributed by atoms with Gasteiger partial charge in [-0.25, -0.2) is 0 Å². The SMILES string of the molecule is CCOc1cc(C=O)ccc1OCC(=O)Nc1ccccc1Cc1ccccc1. The number of nitrogens with one attached hydrogen (secondary N) is 1. The molecule has 0 spiro atoms. The molecular formula is C24H23NO4. The Morgan fingerprint density at radius 2 is 1.69 bits per heavy atom. The standard InChI is InChI=1S/C24H23NO4/c1-2-28-23-15-19(16-26)12-13-22(23)29-17-24(27)25-21-11-7-6-10-20(21)14-18-8-4-3-5-9-18/h3-13,15-16H,2,14,17H2,1H3,(H,25,27). The molecule has 0 fully saturated rings. The smallest absolute Gasteiger partial charge is 0.262 e. The van der Waals surface area contributed by atoms with Crippen LogP contribution >= 0.6 is 0 Å². The number of hydrogen-bond acceptors (Lipinski definition) is 4. The summed E-state index contributed by atoms with van der Waals surface area (Å²) in [7, 11) is 0. The number of anilines is 1. The Balaban J connectivity index is 1.65. The highest BCUT2D eigenvalue weighted by atomic mass is 16.5. The zero-order chi connectivity index (χ0) is 20.5. The van der Waals surface area contributed by atoms with Gasteiger partial charge in [-0.05, 0) is 48.7 Å². The van der Waals surface area contributed by atoms with Crippen molar-refractivity contribution in [2.24, 2.45) is 0 Å². The predicted molar refractivity (Wildman–Crippen MR) is 113 cm³/mol. The van der Waals surface area contributed by atoms with E-state index in [1.165, 1.54) is 5.56 Å². The fraction of sp³-hybridized carbons (Fsp3) is 0.167. The molecule has 0 heterocycles. The van der Waals surface area contributed by atoms with Gasteiger partial charge in [0, 0.05) is 11.3 Å². The molecule has 0 radical (unpaired) electrons. The van der Waals surface area contributed by atoms with Crippen LogP contribution in [0.5, 0.6) is 11.5 Å². The van der Waals surface area contributed by atoms with Crippen molar-refractivity contribution in [1.82, 2.24) is 0 Å². The van der Waals surface area contributed by atoms with Crippen LogP contribution in [-0.2, 0) is 11.2 Å². The number of amides is 1. The van der Waals surface area contributed by atoms with Crippen LogP contribution in [-0.4, -0.2) is 25.4 Å². The van der Waals surface area contributed by atoms with Crippen LogP contribution in [0.25, 0.3) is 0 Å². The molecule has 3 rings (SSSR count). The number of benzene rings is 3. The lowest BCUT2D eigenvalue weighted by molar-refractivity contribution is -0.118. The summed E-state index contributed by atoms with van der Waals surface area (Å²) in [5.41, 5.74) is 3.44. The fourth-order valence-corrected chi connectivity index (χ4v) is 2.93. The van der Waals surface area contributed by atoms with Crippen LogP contribution in [0, 0.1) is 0 Å². The molecule has 0 bridgehead atoms. The minimum atomic E-state index is -0.271. The summed E-state index contributed by atoms with van der Waals surface area (Å²) in [5, 5.41) is 2.91. The molecule has 3 aromatic carbocycles. The van der Waals surface area contributed by atoms with E-state index in [4.69, 9.17) is 9.47 Å². The number of ether oxygens (including phenoxy) is 2. The van der Waals surface area contributed by atoms with Gasteiger partial charge in [-0.2, -0.15) is 0 Å². The van der Waals surface area contributed by atoms with Crippen molar-refractivity contribution >= 4 is 17.9 Å². The van der Waals surface area contributed by atoms with Gasteiger partial charge in [0.15, 0.2) is 18.1 Å². The Morgan fingerprint density at radius 3 is 2.45 bits per heavy atom. The van der Waals surface area contributed by atoms with Crippen LogP contribution in [0.15, 0.2) is 72.8 Å². The van der Waals surface area contributed by atoms with Crippen LogP contribution in [0.4, 0.5) is 5.69 Å². The van der Waals surface area contributed by atoms with Gasteiger partial charge in [-0.15, -0.1) is 0 Å². The van der Waals surface area contributed by atoms with Gasteiger partial charge in [0.05, 0.1) is 6.61 Å². The molecule has 0 unspecified atom stereocenters. The number of aldehydes is 1. The molecule has 5 nitrogen and oxygen atoms in total. The van der Waals surface area contributed by atoms with Crippen molar-refractivity contribution in [2.45, 2.75) is 13.3 Å². The van der Waals surface area contributed by atoms with Gasteiger partial charge in [0.2, 0.25) is 0 Å². The maximum atomic E-state index is 12.4. The van der Waals surface area contributed by atoms with Crippen molar-refractivity contribution < 1.29 is 19.1 Å². The highest BCUT2D eigenvalue weighted by Gasteiger charge is 2.11. The first kappa shape index (κ1) is 20.1. The van der Waals surface area contributed by atoms with E-state index in [1.807, 2.05) is 49.4 Å². The van der Waals surface area contributed by atoms with Gasteiger partial charge in [-0.3, -0.25) is 9.59 Å². The molecule has 0 saturated carbocycles. The van der Waals surface area contributed by atoms with Gasteiger partial charge in [0.25, 0.3) is 5.91 Å². The molecule has 0 aliphatic carbocycles. The first-order chi connectivity index (χ1) is 14.2. The van der Waals surface area contributed by atoms with Crippen LogP contribution < -0.4 is 14.8 Å². The second-order valence-electron chi connectivity index (χ2n) is 6.41. The molecule has 29 heavy (non-hydrogen) atoms. The molecule has 0 aliphatic heterocycles. The Morgan fingerprint density at radius 1 is 0.931 bits per heavy atom. The second kappa shape index (κ2) is 10.1. The van der Waals surface area contributed by atoms with Crippen molar-refractivity contribution in [3.63, 3.8) is 0 Å². The van der Waals surface area contributed by atoms with Crippen molar-refractivity contribution in [3.05, 3.63) is 89.5 Å². The lowest BCUT2D eigenvalue weighted by atomic mass is 10.0. The quantitative estimate of drug-likeness (QED) is 0.547. The van der Waals surface area contributed by atoms with Gasteiger partial charge >= 0.3 is 0 Å². The Hall–Kier alpha value is -3.60. The number of carbonyl (C=O) groups excluding carboxylic acids is 2. The third-order valence-corrected chi connectivity index (χ3v) is 4.29. The minimum Gasteiger partial charge on any atom is -0.490 e. The van der Waals surface area contributed by atoms with Crippen LogP contribution in [0.1, 0.15) is 28.4 Å². The van der Waals surface area contributed by atoms with Crippen LogP contribution in [0.2, 0.25) is 0 Å². The predicted octanol–water partition coefficient (Wildman–Crippen LogP) is 4.51. The molecule has 0 aliphatic rings. The molecule has 0 atom stereocenters. The highest BCUT2D eigenvalue weighted by Crippen LogP contribution is 2.28. The number of hydrogen-bond donors (Lipinski definition) is 1. The minimum absolute atomic E-state index is 0.166. The summed E-state index contributed by atoms with van der Waals surface area (Å²) < 4.78 is 11.1. The average molecular weight is 389 g/mol. The van der Waals surface area contributed by atoms with Gasteiger partial charge < -0.3 is 14.8 Å². The molecule has 148 valence electrons. The van der Waals surface area contributed by atoms with Crippen molar-refractivity contribution in [1.29, 1.82) is 0 Å². The molecule has 1 N–H and O–H groups in total. The van der Waals surface area contributed by atoms with Crippen molar-refractivity contribution in [3.8, 4) is 11.5 Å². The Bertz CT molecular complexity index is 970.